The van der Waals surface area contributed by atoms with Crippen LogP contribution in [0, 0.1) is 5.92 Å². The van der Waals surface area contributed by atoms with Gasteiger partial charge in [0, 0.05) is 37.6 Å². The summed E-state index contributed by atoms with van der Waals surface area (Å²) in [4.78, 5) is 4.79. The van der Waals surface area contributed by atoms with Gasteiger partial charge in [-0.15, -0.1) is 0 Å². The molecule has 2 aliphatic carbocycles. The van der Waals surface area contributed by atoms with Gasteiger partial charge in [0.25, 0.3) is 0 Å². The third kappa shape index (κ3) is 11.3. The SMILES string of the molecule is CN(C1CCCCC1)C1CCCCC1C(O)COCCN(CCOCCO)CCOCCO. The fourth-order valence-corrected chi connectivity index (χ4v) is 5.43. The van der Waals surface area contributed by atoms with Crippen LogP contribution >= 0.6 is 0 Å². The highest BCUT2D eigenvalue weighted by Gasteiger charge is 2.36. The second-order valence-corrected chi connectivity index (χ2v) is 9.63. The summed E-state index contributed by atoms with van der Waals surface area (Å²) in [5.41, 5.74) is 0. The number of aliphatic hydroxyl groups is 3. The van der Waals surface area contributed by atoms with Crippen molar-refractivity contribution in [3.05, 3.63) is 0 Å². The molecule has 2 fully saturated rings. The van der Waals surface area contributed by atoms with Crippen LogP contribution in [-0.2, 0) is 14.2 Å². The zero-order valence-electron chi connectivity index (χ0n) is 20.9. The van der Waals surface area contributed by atoms with Crippen LogP contribution in [0.15, 0.2) is 0 Å². The molecule has 8 heteroatoms. The van der Waals surface area contributed by atoms with Crippen molar-refractivity contribution >= 4 is 0 Å². The van der Waals surface area contributed by atoms with Crippen LogP contribution in [-0.4, -0.2) is 123 Å². The van der Waals surface area contributed by atoms with Gasteiger partial charge in [-0.2, -0.15) is 0 Å². The summed E-state index contributed by atoms with van der Waals surface area (Å²) in [5.74, 6) is 0.292. The molecule has 2 aliphatic rings. The maximum Gasteiger partial charge on any atom is 0.0816 e. The molecule has 33 heavy (non-hydrogen) atoms. The van der Waals surface area contributed by atoms with E-state index in [4.69, 9.17) is 24.4 Å². The standard InChI is InChI=1S/C25H50N2O6/c1-26(22-7-3-2-4-8-22)24-10-6-5-9-23(24)25(30)21-33-18-13-27(11-16-31-19-14-28)12-17-32-20-15-29/h22-25,28-30H,2-21H2,1H3. The predicted octanol–water partition coefficient (Wildman–Crippen LogP) is 1.51. The molecular formula is C25H50N2O6. The zero-order chi connectivity index (χ0) is 23.7. The van der Waals surface area contributed by atoms with Crippen LogP contribution in [0.4, 0.5) is 0 Å². The maximum absolute atomic E-state index is 11.0. The van der Waals surface area contributed by atoms with Gasteiger partial charge in [-0.3, -0.25) is 4.90 Å². The van der Waals surface area contributed by atoms with E-state index in [1.165, 1.54) is 51.4 Å². The minimum atomic E-state index is -0.421. The Hall–Kier alpha value is -0.320. The first-order chi connectivity index (χ1) is 16.2. The molecule has 2 rings (SSSR count). The average molecular weight is 475 g/mol. The number of ether oxygens (including phenoxy) is 3. The lowest BCUT2D eigenvalue weighted by molar-refractivity contribution is -0.0466. The lowest BCUT2D eigenvalue weighted by Gasteiger charge is -2.44. The molecule has 196 valence electrons. The Bertz CT molecular complexity index is 454. The van der Waals surface area contributed by atoms with Gasteiger partial charge in [0.1, 0.15) is 0 Å². The summed E-state index contributed by atoms with van der Waals surface area (Å²) in [6, 6.07) is 1.14. The first-order valence-corrected chi connectivity index (χ1v) is 13.2. The second-order valence-electron chi connectivity index (χ2n) is 9.63. The summed E-state index contributed by atoms with van der Waals surface area (Å²) in [6.07, 6.45) is 11.0. The van der Waals surface area contributed by atoms with Gasteiger partial charge in [-0.1, -0.05) is 32.1 Å². The molecule has 3 atom stereocenters. The quantitative estimate of drug-likeness (QED) is 0.257. The minimum absolute atomic E-state index is 0.0265. The van der Waals surface area contributed by atoms with Gasteiger partial charge in [-0.05, 0) is 32.7 Å². The molecule has 0 aromatic carbocycles. The van der Waals surface area contributed by atoms with Gasteiger partial charge >= 0.3 is 0 Å². The van der Waals surface area contributed by atoms with Crippen LogP contribution < -0.4 is 0 Å². The van der Waals surface area contributed by atoms with Gasteiger partial charge in [0.15, 0.2) is 0 Å². The topological polar surface area (TPSA) is 94.9 Å². The van der Waals surface area contributed by atoms with Crippen molar-refractivity contribution in [2.45, 2.75) is 76.0 Å². The lowest BCUT2D eigenvalue weighted by atomic mass is 9.79. The summed E-state index contributed by atoms with van der Waals surface area (Å²) in [5, 5.41) is 28.7. The molecule has 0 bridgehead atoms. The largest absolute Gasteiger partial charge is 0.394 e. The molecule has 0 amide bonds. The van der Waals surface area contributed by atoms with Crippen molar-refractivity contribution in [2.24, 2.45) is 5.92 Å². The van der Waals surface area contributed by atoms with Crippen molar-refractivity contribution in [3.8, 4) is 0 Å². The molecule has 0 aromatic rings. The average Bonchev–Trinajstić information content (AvgIpc) is 2.86. The summed E-state index contributed by atoms with van der Waals surface area (Å²) < 4.78 is 16.7. The van der Waals surface area contributed by atoms with Crippen molar-refractivity contribution in [1.29, 1.82) is 0 Å². The number of aliphatic hydroxyl groups excluding tert-OH is 3. The van der Waals surface area contributed by atoms with Gasteiger partial charge in [-0.25, -0.2) is 0 Å². The van der Waals surface area contributed by atoms with E-state index in [0.29, 0.717) is 57.6 Å². The van der Waals surface area contributed by atoms with Crippen LogP contribution in [0.2, 0.25) is 0 Å². The van der Waals surface area contributed by atoms with E-state index in [9.17, 15) is 5.11 Å². The molecule has 3 unspecified atom stereocenters. The monoisotopic (exact) mass is 474 g/mol. The Labute approximate surface area is 201 Å². The molecule has 0 aromatic heterocycles. The molecule has 0 radical (unpaired) electrons. The third-order valence-corrected chi connectivity index (χ3v) is 7.36. The molecule has 0 aliphatic heterocycles. The van der Waals surface area contributed by atoms with Crippen LogP contribution in [0.3, 0.4) is 0 Å². The molecule has 8 nitrogen and oxygen atoms in total. The van der Waals surface area contributed by atoms with Crippen LogP contribution in [0.1, 0.15) is 57.8 Å². The molecular weight excluding hydrogens is 424 g/mol. The maximum atomic E-state index is 11.0. The number of hydrogen-bond donors (Lipinski definition) is 3. The molecule has 0 spiro atoms. The summed E-state index contributed by atoms with van der Waals surface area (Å²) in [6.45, 7) is 4.94. The first kappa shape index (κ1) is 28.9. The Morgan fingerprint density at radius 2 is 1.27 bits per heavy atom. The van der Waals surface area contributed by atoms with E-state index in [2.05, 4.69) is 16.8 Å². The van der Waals surface area contributed by atoms with E-state index in [0.717, 1.165) is 26.1 Å². The molecule has 0 saturated heterocycles. The molecule has 3 N–H and O–H groups in total. The van der Waals surface area contributed by atoms with E-state index < -0.39 is 6.10 Å². The lowest BCUT2D eigenvalue weighted by Crippen LogP contribution is -2.50. The van der Waals surface area contributed by atoms with E-state index in [1.54, 1.807) is 0 Å². The van der Waals surface area contributed by atoms with Crippen molar-refractivity contribution < 1.29 is 29.5 Å². The minimum Gasteiger partial charge on any atom is -0.394 e. The second kappa shape index (κ2) is 18.0. The molecule has 0 heterocycles. The Morgan fingerprint density at radius 3 is 1.88 bits per heavy atom. The zero-order valence-corrected chi connectivity index (χ0v) is 20.9. The Balaban J connectivity index is 1.73. The van der Waals surface area contributed by atoms with E-state index in [1.807, 2.05) is 0 Å². The van der Waals surface area contributed by atoms with Crippen molar-refractivity contribution in [2.75, 3.05) is 79.5 Å². The van der Waals surface area contributed by atoms with Gasteiger partial charge in [0.05, 0.1) is 59.0 Å². The normalized spacial score (nSPS) is 23.5. The van der Waals surface area contributed by atoms with Crippen LogP contribution in [0.5, 0.6) is 0 Å². The Morgan fingerprint density at radius 1 is 0.727 bits per heavy atom. The van der Waals surface area contributed by atoms with Gasteiger partial charge < -0.3 is 34.4 Å². The number of rotatable bonds is 18. The number of nitrogens with zero attached hydrogens (tertiary/aromatic N) is 2. The van der Waals surface area contributed by atoms with Gasteiger partial charge in [0.2, 0.25) is 0 Å². The highest BCUT2D eigenvalue weighted by atomic mass is 16.5. The number of hydrogen-bond acceptors (Lipinski definition) is 8. The third-order valence-electron chi connectivity index (χ3n) is 7.36. The summed E-state index contributed by atoms with van der Waals surface area (Å²) in [7, 11) is 2.28. The highest BCUT2D eigenvalue weighted by molar-refractivity contribution is 4.89. The van der Waals surface area contributed by atoms with Crippen molar-refractivity contribution in [1.82, 2.24) is 9.80 Å². The smallest absolute Gasteiger partial charge is 0.0816 e. The predicted molar refractivity (Wildman–Crippen MR) is 129 cm³/mol. The van der Waals surface area contributed by atoms with E-state index >= 15 is 0 Å². The Kier molecular flexibility index (Phi) is 15.8. The fraction of sp³-hybridized carbons (Fsp3) is 1.00. The van der Waals surface area contributed by atoms with Crippen LogP contribution in [0.25, 0.3) is 0 Å². The summed E-state index contributed by atoms with van der Waals surface area (Å²) >= 11 is 0. The molecule has 2 saturated carbocycles. The fourth-order valence-electron chi connectivity index (χ4n) is 5.43. The highest BCUT2D eigenvalue weighted by Crippen LogP contribution is 2.34. The van der Waals surface area contributed by atoms with E-state index in [-0.39, 0.29) is 13.2 Å². The van der Waals surface area contributed by atoms with Crippen molar-refractivity contribution in [3.63, 3.8) is 0 Å². The first-order valence-electron chi connectivity index (χ1n) is 13.2.